The number of nitrogens with zero attached hydrogens (tertiary/aromatic N) is 5. The van der Waals surface area contributed by atoms with Crippen LogP contribution in [0.2, 0.25) is 5.02 Å². The van der Waals surface area contributed by atoms with Crippen molar-refractivity contribution in [2.75, 3.05) is 59.3 Å². The third-order valence-corrected chi connectivity index (χ3v) is 12.4. The molecule has 0 bridgehead atoms. The summed E-state index contributed by atoms with van der Waals surface area (Å²) in [7, 11) is 0. The van der Waals surface area contributed by atoms with Gasteiger partial charge in [-0.25, -0.2) is 0 Å². The molecule has 21 heteroatoms. The van der Waals surface area contributed by atoms with E-state index in [-0.39, 0.29) is 47.8 Å². The summed E-state index contributed by atoms with van der Waals surface area (Å²) in [5, 5.41) is 17.9. The Labute approximate surface area is 388 Å². The number of fused-ring (bicyclic) bond motifs is 4. The van der Waals surface area contributed by atoms with E-state index >= 15 is 0 Å². The first-order chi connectivity index (χ1) is 31.8. The topological polar surface area (TPSA) is 239 Å². The number of halogens is 1. The number of ketones is 1. The molecular formula is C45H49ClN8O11S. The predicted molar refractivity (Wildman–Crippen MR) is 239 cm³/mol. The summed E-state index contributed by atoms with van der Waals surface area (Å²) in [6.07, 6.45) is 1.29. The van der Waals surface area contributed by atoms with E-state index in [4.69, 9.17) is 35.5 Å². The Morgan fingerprint density at radius 3 is 2.23 bits per heavy atom. The van der Waals surface area contributed by atoms with Crippen LogP contribution in [0.4, 0.5) is 0 Å². The van der Waals surface area contributed by atoms with Crippen molar-refractivity contribution in [2.24, 2.45) is 4.99 Å². The third kappa shape index (κ3) is 10.9. The minimum atomic E-state index is -1.11. The highest BCUT2D eigenvalue weighted by atomic mass is 35.5. The van der Waals surface area contributed by atoms with E-state index in [1.165, 1.54) is 36.5 Å². The molecule has 3 aliphatic rings. The summed E-state index contributed by atoms with van der Waals surface area (Å²) < 4.78 is 24.4. The zero-order valence-electron chi connectivity index (χ0n) is 36.6. The first-order valence-corrected chi connectivity index (χ1v) is 22.7. The number of aromatic nitrogens is 3. The number of imide groups is 2. The van der Waals surface area contributed by atoms with Gasteiger partial charge in [0.25, 0.3) is 23.6 Å². The van der Waals surface area contributed by atoms with E-state index in [1.54, 1.807) is 12.1 Å². The van der Waals surface area contributed by atoms with E-state index in [0.717, 1.165) is 26.6 Å². The van der Waals surface area contributed by atoms with E-state index in [1.807, 2.05) is 30.5 Å². The van der Waals surface area contributed by atoms with Gasteiger partial charge in [0.2, 0.25) is 11.8 Å². The van der Waals surface area contributed by atoms with Gasteiger partial charge in [0.1, 0.15) is 34.4 Å². The van der Waals surface area contributed by atoms with Gasteiger partial charge in [0, 0.05) is 55.3 Å². The maximum Gasteiger partial charge on any atom is 0.266 e. The molecule has 5 heterocycles. The van der Waals surface area contributed by atoms with Gasteiger partial charge < -0.3 is 29.6 Å². The number of benzene rings is 2. The molecule has 2 atom stereocenters. The molecule has 6 amide bonds. The highest BCUT2D eigenvalue weighted by Crippen LogP contribution is 2.40. The van der Waals surface area contributed by atoms with Gasteiger partial charge >= 0.3 is 0 Å². The predicted octanol–water partition coefficient (Wildman–Crippen LogP) is 3.63. The molecule has 0 spiro atoms. The fourth-order valence-corrected chi connectivity index (χ4v) is 9.12. The van der Waals surface area contributed by atoms with Gasteiger partial charge in [-0.3, -0.25) is 53.3 Å². The Balaban J connectivity index is 0.756. The van der Waals surface area contributed by atoms with Crippen molar-refractivity contribution in [3.63, 3.8) is 0 Å². The fourth-order valence-electron chi connectivity index (χ4n) is 7.71. The molecule has 1 unspecified atom stereocenters. The number of hydrogen-bond donors (Lipinski definition) is 3. The van der Waals surface area contributed by atoms with Crippen molar-refractivity contribution >= 4 is 69.9 Å². The molecule has 7 rings (SSSR count). The molecule has 1 fully saturated rings. The number of carbonyl (C=O) groups is 7. The quantitative estimate of drug-likeness (QED) is 0.0755. The molecule has 3 aliphatic heterocycles. The number of ether oxygens (including phenoxy) is 4. The summed E-state index contributed by atoms with van der Waals surface area (Å²) in [4.78, 5) is 94.9. The number of nitrogens with one attached hydrogen (secondary N) is 3. The summed E-state index contributed by atoms with van der Waals surface area (Å²) in [5.74, 6) is -2.05. The van der Waals surface area contributed by atoms with Crippen LogP contribution in [-0.4, -0.2) is 132 Å². The average Bonchev–Trinajstić information content (AvgIpc) is 3.89. The Bertz CT molecular complexity index is 2560. The van der Waals surface area contributed by atoms with Gasteiger partial charge in [-0.15, -0.1) is 21.5 Å². The molecule has 2 aromatic heterocycles. The molecule has 4 aromatic rings. The highest BCUT2D eigenvalue weighted by molar-refractivity contribution is 7.17. The van der Waals surface area contributed by atoms with Gasteiger partial charge in [-0.1, -0.05) is 29.8 Å². The molecule has 19 nitrogen and oxygen atoms in total. The normalized spacial score (nSPS) is 16.5. The molecule has 0 saturated carbocycles. The number of rotatable bonds is 22. The van der Waals surface area contributed by atoms with Crippen molar-refractivity contribution in [1.82, 2.24) is 35.6 Å². The third-order valence-electron chi connectivity index (χ3n) is 10.9. The Hall–Kier alpha value is -6.19. The van der Waals surface area contributed by atoms with Crippen LogP contribution in [-0.2, 0) is 33.4 Å². The van der Waals surface area contributed by atoms with Crippen LogP contribution in [0.5, 0.6) is 5.75 Å². The van der Waals surface area contributed by atoms with E-state index in [0.29, 0.717) is 92.8 Å². The molecular weight excluding hydrogens is 896 g/mol. The lowest BCUT2D eigenvalue weighted by Crippen LogP contribution is -2.54. The van der Waals surface area contributed by atoms with Gasteiger partial charge in [0.05, 0.1) is 48.1 Å². The fraction of sp³-hybridized carbons (Fsp3) is 0.422. The maximum atomic E-state index is 13.6. The second kappa shape index (κ2) is 21.9. The van der Waals surface area contributed by atoms with Gasteiger partial charge in [-0.2, -0.15) is 0 Å². The molecule has 348 valence electrons. The number of aliphatic imine (C=N–C) groups is 1. The number of Topliss-reactive ketones (excluding diaryl/α,β-unsaturated/α-hetero) is 1. The minimum absolute atomic E-state index is 0.00281. The Morgan fingerprint density at radius 2 is 1.55 bits per heavy atom. The number of hydrogen-bond acceptors (Lipinski definition) is 15. The second-order valence-corrected chi connectivity index (χ2v) is 17.1. The molecule has 2 aromatic carbocycles. The summed E-state index contributed by atoms with van der Waals surface area (Å²) in [6.45, 7) is 7.77. The number of thiophene rings is 1. The monoisotopic (exact) mass is 944 g/mol. The Morgan fingerprint density at radius 1 is 0.864 bits per heavy atom. The number of piperidine rings is 1. The van der Waals surface area contributed by atoms with Crippen LogP contribution in [0.3, 0.4) is 0 Å². The number of aryl methyl sites for hydroxylation is 1. The first-order valence-electron chi connectivity index (χ1n) is 21.5. The van der Waals surface area contributed by atoms with Crippen LogP contribution >= 0.6 is 22.9 Å². The summed E-state index contributed by atoms with van der Waals surface area (Å²) >= 11 is 7.54. The lowest BCUT2D eigenvalue weighted by molar-refractivity contribution is -0.136. The van der Waals surface area contributed by atoms with Crippen LogP contribution in [0.15, 0.2) is 47.5 Å². The van der Waals surface area contributed by atoms with Crippen LogP contribution in [0.25, 0.3) is 5.00 Å². The standard InChI is InChI=1S/C45H49ClN8O11S/c1-25(55)23-31-40-52-51-27(3)53(40)45-36(38(49-31)28-9-11-29(46)12-10-28)26(2)39(66-45)42(59)48-16-6-18-63-20-22-64-21-19-62-17-5-15-47-35(57)24-65-33-8-4-7-30-37(33)44(61)54(43(30)60)32-13-14-34(56)50-41(32)58/h4,7-12,31-32H,5-6,13-24H2,1-3H3,(H,47,57)(H,48,59)(H,50,56,58)/t31-,32?/m1/s1. The lowest BCUT2D eigenvalue weighted by Gasteiger charge is -2.27. The summed E-state index contributed by atoms with van der Waals surface area (Å²) in [6, 6.07) is 10.1. The van der Waals surface area contributed by atoms with Crippen molar-refractivity contribution in [3.8, 4) is 10.8 Å². The summed E-state index contributed by atoms with van der Waals surface area (Å²) in [5.41, 5.74) is 3.01. The van der Waals surface area contributed by atoms with Crippen molar-refractivity contribution in [3.05, 3.63) is 91.8 Å². The lowest BCUT2D eigenvalue weighted by atomic mass is 9.99. The zero-order valence-corrected chi connectivity index (χ0v) is 38.2. The largest absolute Gasteiger partial charge is 0.483 e. The maximum absolute atomic E-state index is 13.6. The Kier molecular flexibility index (Phi) is 15.8. The molecule has 3 N–H and O–H groups in total. The minimum Gasteiger partial charge on any atom is -0.483 e. The van der Waals surface area contributed by atoms with Gasteiger partial charge in [0.15, 0.2) is 12.4 Å². The average molecular weight is 945 g/mol. The van der Waals surface area contributed by atoms with Crippen LogP contribution < -0.4 is 20.7 Å². The van der Waals surface area contributed by atoms with E-state index in [9.17, 15) is 33.6 Å². The molecule has 1 saturated heterocycles. The second-order valence-electron chi connectivity index (χ2n) is 15.6. The van der Waals surface area contributed by atoms with Gasteiger partial charge in [-0.05, 0) is 69.9 Å². The van der Waals surface area contributed by atoms with Crippen molar-refractivity contribution < 1.29 is 52.5 Å². The zero-order chi connectivity index (χ0) is 46.9. The van der Waals surface area contributed by atoms with E-state index < -0.39 is 48.2 Å². The highest BCUT2D eigenvalue weighted by Gasteiger charge is 2.46. The van der Waals surface area contributed by atoms with Crippen LogP contribution in [0, 0.1) is 13.8 Å². The molecule has 66 heavy (non-hydrogen) atoms. The number of amides is 6. The molecule has 0 aliphatic carbocycles. The first kappa shape index (κ1) is 47.8. The smallest absolute Gasteiger partial charge is 0.266 e. The van der Waals surface area contributed by atoms with Crippen LogP contribution in [0.1, 0.15) is 104 Å². The molecule has 0 radical (unpaired) electrons. The van der Waals surface area contributed by atoms with Crippen molar-refractivity contribution in [1.29, 1.82) is 0 Å². The van der Waals surface area contributed by atoms with E-state index in [2.05, 4.69) is 26.1 Å². The SMILES string of the molecule is CC(=O)C[C@H]1N=C(c2ccc(Cl)cc2)c2c(sc(C(=O)NCCCOCCOCCOCCCNC(=O)COc3cccc4c3C(=O)N(C3CCC(=O)NC3=O)C4=O)c2C)-n2c(C)nnc21. The number of carbonyl (C=O) groups excluding carboxylic acids is 7. The van der Waals surface area contributed by atoms with Crippen molar-refractivity contribution in [2.45, 2.75) is 65.0 Å².